The molecule has 0 N–H and O–H groups in total. The second-order valence-electron chi connectivity index (χ2n) is 18.5. The first-order valence-corrected chi connectivity index (χ1v) is 28.1. The number of hydrogen-bond acceptors (Lipinski definition) is 6. The van der Waals surface area contributed by atoms with Crippen molar-refractivity contribution < 1.29 is 28.6 Å². The lowest BCUT2D eigenvalue weighted by molar-refractivity contribution is -0.167. The van der Waals surface area contributed by atoms with Crippen LogP contribution in [0.2, 0.25) is 0 Å². The predicted molar refractivity (Wildman–Crippen MR) is 288 cm³/mol. The summed E-state index contributed by atoms with van der Waals surface area (Å²) in [6, 6.07) is 0. The van der Waals surface area contributed by atoms with Gasteiger partial charge >= 0.3 is 17.9 Å². The van der Waals surface area contributed by atoms with Gasteiger partial charge in [0.05, 0.1) is 0 Å². The monoisotopic (exact) mass is 933 g/mol. The van der Waals surface area contributed by atoms with E-state index in [2.05, 4.69) is 106 Å². The minimum absolute atomic E-state index is 0.0926. The van der Waals surface area contributed by atoms with Gasteiger partial charge in [0.15, 0.2) is 6.10 Å². The smallest absolute Gasteiger partial charge is 0.306 e. The standard InChI is InChI=1S/C61H104O6/c1-4-7-10-13-16-19-22-24-26-28-30-32-34-36-39-41-44-47-50-53-59(62)65-56-58(67-61(64)55-52-49-46-43-38-21-18-15-12-9-6-3)57-66-60(63)54-51-48-45-42-40-37-35-33-31-29-27-25-23-20-17-14-11-8-5-2/h15-20,24-27,30,32,36,39,58H,4-14,21-23,28-29,31,33-35,37-38,40-57H2,1-3H3/b18-15-,19-16-,20-17-,26-24-,27-25-,32-30-,39-36-/t58-/m1/s1. The zero-order valence-electron chi connectivity index (χ0n) is 43.9. The maximum Gasteiger partial charge on any atom is 0.306 e. The van der Waals surface area contributed by atoms with Gasteiger partial charge in [0.1, 0.15) is 13.2 Å². The average Bonchev–Trinajstić information content (AvgIpc) is 3.33. The number of rotatable bonds is 50. The lowest BCUT2D eigenvalue weighted by Crippen LogP contribution is -2.30. The molecule has 0 saturated carbocycles. The molecule has 0 amide bonds. The summed E-state index contributed by atoms with van der Waals surface area (Å²) in [6.07, 6.45) is 71.4. The Morgan fingerprint density at radius 2 is 0.552 bits per heavy atom. The summed E-state index contributed by atoms with van der Waals surface area (Å²) >= 11 is 0. The van der Waals surface area contributed by atoms with Crippen molar-refractivity contribution in [1.82, 2.24) is 0 Å². The Balaban J connectivity index is 4.39. The van der Waals surface area contributed by atoms with E-state index in [1.54, 1.807) is 0 Å². The Kier molecular flexibility index (Phi) is 52.4. The molecular formula is C61H104O6. The van der Waals surface area contributed by atoms with Gasteiger partial charge in [0.25, 0.3) is 0 Å². The molecule has 6 nitrogen and oxygen atoms in total. The average molecular weight is 933 g/mol. The van der Waals surface area contributed by atoms with Crippen LogP contribution in [-0.2, 0) is 28.6 Å². The first-order valence-electron chi connectivity index (χ1n) is 28.1. The van der Waals surface area contributed by atoms with Crippen molar-refractivity contribution in [2.24, 2.45) is 0 Å². The van der Waals surface area contributed by atoms with Crippen molar-refractivity contribution in [3.63, 3.8) is 0 Å². The molecule has 0 rings (SSSR count). The molecule has 0 aliphatic heterocycles. The molecule has 0 unspecified atom stereocenters. The summed E-state index contributed by atoms with van der Waals surface area (Å²) < 4.78 is 16.8. The van der Waals surface area contributed by atoms with E-state index < -0.39 is 6.10 Å². The molecule has 0 heterocycles. The largest absolute Gasteiger partial charge is 0.462 e. The van der Waals surface area contributed by atoms with Crippen LogP contribution in [0.15, 0.2) is 85.1 Å². The van der Waals surface area contributed by atoms with E-state index in [0.717, 1.165) is 103 Å². The molecule has 6 heteroatoms. The van der Waals surface area contributed by atoms with Crippen LogP contribution in [0.25, 0.3) is 0 Å². The summed E-state index contributed by atoms with van der Waals surface area (Å²) in [5.74, 6) is -0.936. The number of hydrogen-bond donors (Lipinski definition) is 0. The fourth-order valence-corrected chi connectivity index (χ4v) is 7.55. The van der Waals surface area contributed by atoms with E-state index in [4.69, 9.17) is 14.2 Å². The van der Waals surface area contributed by atoms with E-state index in [1.165, 1.54) is 122 Å². The highest BCUT2D eigenvalue weighted by Gasteiger charge is 2.19. The van der Waals surface area contributed by atoms with Gasteiger partial charge in [-0.1, -0.05) is 215 Å². The topological polar surface area (TPSA) is 78.9 Å². The third-order valence-corrected chi connectivity index (χ3v) is 11.8. The number of carbonyl (C=O) groups is 3. The Hall–Kier alpha value is -3.41. The van der Waals surface area contributed by atoms with Crippen LogP contribution < -0.4 is 0 Å². The van der Waals surface area contributed by atoms with Gasteiger partial charge in [0.2, 0.25) is 0 Å². The minimum Gasteiger partial charge on any atom is -0.462 e. The first kappa shape index (κ1) is 63.6. The first-order chi connectivity index (χ1) is 33.0. The SMILES string of the molecule is CCCC/C=C\CCCCCCCC(=O)O[C@H](COC(=O)CCCCC/C=C\C/C=C\C/C=C\C/C=C\CCCCC)COC(=O)CCCCCCCCCCC/C=C\C/C=C\CCCCC. The molecule has 0 fully saturated rings. The molecule has 1 atom stereocenters. The number of unbranched alkanes of at least 4 members (excludes halogenated alkanes) is 25. The second kappa shape index (κ2) is 55.2. The normalized spacial score (nSPS) is 12.7. The van der Waals surface area contributed by atoms with Gasteiger partial charge in [-0.25, -0.2) is 0 Å². The Bertz CT molecular complexity index is 1300. The Morgan fingerprint density at radius 1 is 0.299 bits per heavy atom. The van der Waals surface area contributed by atoms with Crippen LogP contribution in [0.4, 0.5) is 0 Å². The zero-order chi connectivity index (χ0) is 48.6. The number of esters is 3. The minimum atomic E-state index is -0.796. The highest BCUT2D eigenvalue weighted by atomic mass is 16.6. The predicted octanol–water partition coefficient (Wildman–Crippen LogP) is 18.8. The van der Waals surface area contributed by atoms with Gasteiger partial charge in [-0.05, 0) is 116 Å². The van der Waals surface area contributed by atoms with Crippen molar-refractivity contribution in [2.75, 3.05) is 13.2 Å². The zero-order valence-corrected chi connectivity index (χ0v) is 43.9. The van der Waals surface area contributed by atoms with E-state index in [0.29, 0.717) is 19.3 Å². The van der Waals surface area contributed by atoms with Gasteiger partial charge in [-0.2, -0.15) is 0 Å². The number of allylic oxidation sites excluding steroid dienone is 14. The molecule has 0 aliphatic rings. The van der Waals surface area contributed by atoms with Crippen LogP contribution in [-0.4, -0.2) is 37.2 Å². The molecule has 0 aliphatic carbocycles. The lowest BCUT2D eigenvalue weighted by atomic mass is 10.1. The molecule has 0 saturated heterocycles. The van der Waals surface area contributed by atoms with Gasteiger partial charge in [-0.15, -0.1) is 0 Å². The lowest BCUT2D eigenvalue weighted by Gasteiger charge is -2.18. The molecule has 384 valence electrons. The quantitative estimate of drug-likeness (QED) is 0.0262. The molecule has 0 bridgehead atoms. The van der Waals surface area contributed by atoms with Crippen molar-refractivity contribution in [3.05, 3.63) is 85.1 Å². The van der Waals surface area contributed by atoms with E-state index in [1.807, 2.05) is 0 Å². The summed E-state index contributed by atoms with van der Waals surface area (Å²) in [7, 11) is 0. The molecule has 67 heavy (non-hydrogen) atoms. The molecule has 0 spiro atoms. The summed E-state index contributed by atoms with van der Waals surface area (Å²) in [5, 5.41) is 0. The van der Waals surface area contributed by atoms with E-state index in [9.17, 15) is 14.4 Å². The fourth-order valence-electron chi connectivity index (χ4n) is 7.55. The molecule has 0 aromatic heterocycles. The van der Waals surface area contributed by atoms with E-state index >= 15 is 0 Å². The third kappa shape index (κ3) is 53.4. The maximum absolute atomic E-state index is 12.8. The molecule has 0 aromatic rings. The number of carbonyl (C=O) groups excluding carboxylic acids is 3. The maximum atomic E-state index is 12.8. The van der Waals surface area contributed by atoms with Crippen LogP contribution in [0.5, 0.6) is 0 Å². The van der Waals surface area contributed by atoms with Gasteiger partial charge < -0.3 is 14.2 Å². The molecule has 0 aromatic carbocycles. The van der Waals surface area contributed by atoms with Crippen LogP contribution in [0.3, 0.4) is 0 Å². The molecule has 0 radical (unpaired) electrons. The summed E-state index contributed by atoms with van der Waals surface area (Å²) in [5.41, 5.74) is 0. The third-order valence-electron chi connectivity index (χ3n) is 11.8. The van der Waals surface area contributed by atoms with Crippen LogP contribution >= 0.6 is 0 Å². The highest BCUT2D eigenvalue weighted by molar-refractivity contribution is 5.71. The molecular weight excluding hydrogens is 829 g/mol. The summed E-state index contributed by atoms with van der Waals surface area (Å²) in [6.45, 7) is 6.52. The Morgan fingerprint density at radius 3 is 0.910 bits per heavy atom. The van der Waals surface area contributed by atoms with Gasteiger partial charge in [-0.3, -0.25) is 14.4 Å². The summed E-state index contributed by atoms with van der Waals surface area (Å²) in [4.78, 5) is 38.1. The van der Waals surface area contributed by atoms with Crippen molar-refractivity contribution >= 4 is 17.9 Å². The van der Waals surface area contributed by atoms with Crippen LogP contribution in [0, 0.1) is 0 Å². The highest BCUT2D eigenvalue weighted by Crippen LogP contribution is 2.14. The van der Waals surface area contributed by atoms with Crippen molar-refractivity contribution in [3.8, 4) is 0 Å². The van der Waals surface area contributed by atoms with E-state index in [-0.39, 0.29) is 31.1 Å². The Labute approximate surface area is 414 Å². The van der Waals surface area contributed by atoms with Crippen LogP contribution in [0.1, 0.15) is 265 Å². The van der Waals surface area contributed by atoms with Crippen molar-refractivity contribution in [2.45, 2.75) is 271 Å². The van der Waals surface area contributed by atoms with Gasteiger partial charge in [0, 0.05) is 19.3 Å². The van der Waals surface area contributed by atoms with Crippen molar-refractivity contribution in [1.29, 1.82) is 0 Å². The number of ether oxygens (including phenoxy) is 3. The fraction of sp³-hybridized carbons (Fsp3) is 0.721. The second-order valence-corrected chi connectivity index (χ2v) is 18.5.